The zero-order valence-electron chi connectivity index (χ0n) is 11.6. The molecule has 2 nitrogen and oxygen atoms in total. The Balaban J connectivity index is 2.25. The highest BCUT2D eigenvalue weighted by Gasteiger charge is 2.24. The molecule has 16 heavy (non-hydrogen) atoms. The topological polar surface area (TPSA) is 15.3 Å². The van der Waals surface area contributed by atoms with Crippen molar-refractivity contribution in [1.29, 1.82) is 0 Å². The second-order valence-corrected chi connectivity index (χ2v) is 5.41. The third-order valence-corrected chi connectivity index (χ3v) is 4.38. The van der Waals surface area contributed by atoms with Gasteiger partial charge in [-0.1, -0.05) is 27.2 Å². The van der Waals surface area contributed by atoms with Crippen molar-refractivity contribution in [1.82, 2.24) is 10.2 Å². The van der Waals surface area contributed by atoms with Crippen molar-refractivity contribution in [3.05, 3.63) is 0 Å². The third kappa shape index (κ3) is 4.06. The molecule has 2 unspecified atom stereocenters. The minimum atomic E-state index is 0.769. The van der Waals surface area contributed by atoms with Crippen LogP contribution in [0.4, 0.5) is 0 Å². The van der Waals surface area contributed by atoms with E-state index < -0.39 is 0 Å². The molecule has 1 aliphatic heterocycles. The van der Waals surface area contributed by atoms with Gasteiger partial charge in [-0.05, 0) is 57.8 Å². The lowest BCUT2D eigenvalue weighted by molar-refractivity contribution is 0.108. The van der Waals surface area contributed by atoms with Gasteiger partial charge in [0.2, 0.25) is 0 Å². The first-order valence-electron chi connectivity index (χ1n) is 7.13. The fraction of sp³-hybridized carbons (Fsp3) is 1.00. The van der Waals surface area contributed by atoms with Gasteiger partial charge in [-0.2, -0.15) is 0 Å². The van der Waals surface area contributed by atoms with Crippen molar-refractivity contribution in [2.45, 2.75) is 53.0 Å². The van der Waals surface area contributed by atoms with E-state index in [2.05, 4.69) is 37.9 Å². The molecule has 0 aromatic rings. The van der Waals surface area contributed by atoms with E-state index in [1.54, 1.807) is 0 Å². The van der Waals surface area contributed by atoms with Crippen molar-refractivity contribution < 1.29 is 0 Å². The van der Waals surface area contributed by atoms with Crippen LogP contribution in [0.2, 0.25) is 0 Å². The van der Waals surface area contributed by atoms with Crippen molar-refractivity contribution in [2.24, 2.45) is 11.8 Å². The van der Waals surface area contributed by atoms with Gasteiger partial charge < -0.3 is 10.2 Å². The van der Waals surface area contributed by atoms with Crippen LogP contribution in [0.15, 0.2) is 0 Å². The lowest BCUT2D eigenvalue weighted by Crippen LogP contribution is -2.44. The van der Waals surface area contributed by atoms with Gasteiger partial charge in [0.1, 0.15) is 0 Å². The Bertz CT molecular complexity index is 174. The minimum absolute atomic E-state index is 0.769. The van der Waals surface area contributed by atoms with Gasteiger partial charge in [0.15, 0.2) is 0 Å². The summed E-state index contributed by atoms with van der Waals surface area (Å²) in [7, 11) is 0. The molecule has 1 aliphatic rings. The second-order valence-electron chi connectivity index (χ2n) is 5.41. The van der Waals surface area contributed by atoms with Crippen molar-refractivity contribution in [3.8, 4) is 0 Å². The molecule has 0 aromatic heterocycles. The van der Waals surface area contributed by atoms with Gasteiger partial charge in [0.05, 0.1) is 0 Å². The van der Waals surface area contributed by atoms with Gasteiger partial charge in [-0.3, -0.25) is 0 Å². The van der Waals surface area contributed by atoms with E-state index in [9.17, 15) is 0 Å². The van der Waals surface area contributed by atoms with Gasteiger partial charge in [-0.25, -0.2) is 0 Å². The fourth-order valence-corrected chi connectivity index (χ4v) is 2.61. The third-order valence-electron chi connectivity index (χ3n) is 4.38. The summed E-state index contributed by atoms with van der Waals surface area (Å²) < 4.78 is 0. The summed E-state index contributed by atoms with van der Waals surface area (Å²) >= 11 is 0. The van der Waals surface area contributed by atoms with Crippen LogP contribution in [0.3, 0.4) is 0 Å². The summed E-state index contributed by atoms with van der Waals surface area (Å²) in [6.07, 6.45) is 4.07. The molecule has 1 N–H and O–H groups in total. The minimum Gasteiger partial charge on any atom is -0.317 e. The fourth-order valence-electron chi connectivity index (χ4n) is 2.61. The first-order valence-corrected chi connectivity index (χ1v) is 7.13. The van der Waals surface area contributed by atoms with Crippen molar-refractivity contribution in [2.75, 3.05) is 26.2 Å². The molecule has 0 radical (unpaired) electrons. The maximum absolute atomic E-state index is 3.48. The smallest absolute Gasteiger partial charge is 0.00924 e. The maximum Gasteiger partial charge on any atom is 0.00924 e. The van der Waals surface area contributed by atoms with Gasteiger partial charge >= 0.3 is 0 Å². The summed E-state index contributed by atoms with van der Waals surface area (Å²) in [4.78, 5) is 2.69. The Labute approximate surface area is 102 Å². The highest BCUT2D eigenvalue weighted by atomic mass is 15.2. The zero-order chi connectivity index (χ0) is 12.0. The second kappa shape index (κ2) is 7.29. The number of rotatable bonds is 6. The number of piperidine rings is 1. The van der Waals surface area contributed by atoms with E-state index >= 15 is 0 Å². The zero-order valence-corrected chi connectivity index (χ0v) is 11.6. The Morgan fingerprint density at radius 3 is 2.31 bits per heavy atom. The monoisotopic (exact) mass is 226 g/mol. The largest absolute Gasteiger partial charge is 0.317 e. The van der Waals surface area contributed by atoms with E-state index in [0.717, 1.165) is 24.4 Å². The normalized spacial score (nSPS) is 23.2. The summed E-state index contributed by atoms with van der Waals surface area (Å²) in [6.45, 7) is 14.2. The molecule has 1 heterocycles. The van der Waals surface area contributed by atoms with Crippen LogP contribution in [-0.2, 0) is 0 Å². The summed E-state index contributed by atoms with van der Waals surface area (Å²) in [6, 6.07) is 0.769. The SMILES string of the molecule is CCNCC1CCN(C(C)C(C)CC)CC1. The van der Waals surface area contributed by atoms with Crippen LogP contribution >= 0.6 is 0 Å². The quantitative estimate of drug-likeness (QED) is 0.749. The lowest BCUT2D eigenvalue weighted by Gasteiger charge is -2.38. The van der Waals surface area contributed by atoms with E-state index in [1.165, 1.54) is 38.9 Å². The molecule has 0 bridgehead atoms. The molecule has 1 fully saturated rings. The van der Waals surface area contributed by atoms with E-state index in [4.69, 9.17) is 0 Å². The summed E-state index contributed by atoms with van der Waals surface area (Å²) in [5, 5.41) is 3.48. The Morgan fingerprint density at radius 2 is 1.81 bits per heavy atom. The molecule has 0 spiro atoms. The van der Waals surface area contributed by atoms with E-state index in [0.29, 0.717) is 0 Å². The molecular formula is C14H30N2. The molecular weight excluding hydrogens is 196 g/mol. The molecule has 96 valence electrons. The Hall–Kier alpha value is -0.0800. The number of hydrogen-bond donors (Lipinski definition) is 1. The number of hydrogen-bond acceptors (Lipinski definition) is 2. The van der Waals surface area contributed by atoms with Crippen LogP contribution in [0, 0.1) is 11.8 Å². The standard InChI is InChI=1S/C14H30N2/c1-5-12(3)13(4)16-9-7-14(8-10-16)11-15-6-2/h12-15H,5-11H2,1-4H3. The number of nitrogens with one attached hydrogen (secondary N) is 1. The molecule has 1 saturated heterocycles. The van der Waals surface area contributed by atoms with Crippen LogP contribution in [0.25, 0.3) is 0 Å². The van der Waals surface area contributed by atoms with E-state index in [-0.39, 0.29) is 0 Å². The maximum atomic E-state index is 3.48. The van der Waals surface area contributed by atoms with E-state index in [1.807, 2.05) is 0 Å². The first kappa shape index (κ1) is 14.0. The van der Waals surface area contributed by atoms with Gasteiger partial charge in [-0.15, -0.1) is 0 Å². The first-order chi connectivity index (χ1) is 7.69. The molecule has 0 amide bonds. The summed E-state index contributed by atoms with van der Waals surface area (Å²) in [5.74, 6) is 1.76. The average Bonchev–Trinajstić information content (AvgIpc) is 2.35. The number of likely N-dealkylation sites (tertiary alicyclic amines) is 1. The van der Waals surface area contributed by atoms with Crippen LogP contribution in [0.1, 0.15) is 47.0 Å². The highest BCUT2D eigenvalue weighted by molar-refractivity contribution is 4.79. The predicted molar refractivity (Wildman–Crippen MR) is 71.8 cm³/mol. The Morgan fingerprint density at radius 1 is 1.19 bits per heavy atom. The molecule has 2 atom stereocenters. The van der Waals surface area contributed by atoms with Crippen LogP contribution < -0.4 is 5.32 Å². The lowest BCUT2D eigenvalue weighted by atomic mass is 9.92. The highest BCUT2D eigenvalue weighted by Crippen LogP contribution is 2.22. The molecule has 0 saturated carbocycles. The average molecular weight is 226 g/mol. The number of nitrogens with zero attached hydrogens (tertiary/aromatic N) is 1. The van der Waals surface area contributed by atoms with Crippen LogP contribution in [0.5, 0.6) is 0 Å². The molecule has 2 heteroatoms. The summed E-state index contributed by atoms with van der Waals surface area (Å²) in [5.41, 5.74) is 0. The molecule has 0 aliphatic carbocycles. The molecule has 0 aromatic carbocycles. The van der Waals surface area contributed by atoms with Gasteiger partial charge in [0.25, 0.3) is 0 Å². The van der Waals surface area contributed by atoms with Crippen molar-refractivity contribution >= 4 is 0 Å². The predicted octanol–water partition coefficient (Wildman–Crippen LogP) is 2.74. The Kier molecular flexibility index (Phi) is 6.37. The van der Waals surface area contributed by atoms with Gasteiger partial charge in [0, 0.05) is 6.04 Å². The van der Waals surface area contributed by atoms with Crippen molar-refractivity contribution in [3.63, 3.8) is 0 Å². The van der Waals surface area contributed by atoms with Crippen LogP contribution in [-0.4, -0.2) is 37.1 Å². The molecule has 1 rings (SSSR count).